The van der Waals surface area contributed by atoms with Gasteiger partial charge in [0, 0.05) is 10.6 Å². The van der Waals surface area contributed by atoms with Gasteiger partial charge in [-0.3, -0.25) is 14.7 Å². The topological polar surface area (TPSA) is 92.3 Å². The van der Waals surface area contributed by atoms with Gasteiger partial charge in [0.15, 0.2) is 16.7 Å². The van der Waals surface area contributed by atoms with Crippen molar-refractivity contribution in [2.45, 2.75) is 23.9 Å². The van der Waals surface area contributed by atoms with Gasteiger partial charge in [0.2, 0.25) is 6.54 Å². The van der Waals surface area contributed by atoms with E-state index in [1.54, 1.807) is 35.8 Å². The summed E-state index contributed by atoms with van der Waals surface area (Å²) >= 11 is 4.74. The molecule has 36 heavy (non-hydrogen) atoms. The van der Waals surface area contributed by atoms with Gasteiger partial charge >= 0.3 is 0 Å². The first-order valence-corrected chi connectivity index (χ1v) is 12.5. The van der Waals surface area contributed by atoms with Crippen molar-refractivity contribution in [1.82, 2.24) is 14.8 Å². The number of hydrogen-bond acceptors (Lipinski definition) is 7. The predicted molar refractivity (Wildman–Crippen MR) is 138 cm³/mol. The summed E-state index contributed by atoms with van der Waals surface area (Å²) in [5.41, 5.74) is 2.30. The summed E-state index contributed by atoms with van der Waals surface area (Å²) in [5, 5.41) is 19.8. The Hall–Kier alpha value is -3.44. The zero-order valence-corrected chi connectivity index (χ0v) is 21.8. The molecule has 3 aromatic carbocycles. The third-order valence-electron chi connectivity index (χ3n) is 5.29. The molecule has 0 aliphatic heterocycles. The van der Waals surface area contributed by atoms with E-state index in [1.807, 2.05) is 30.3 Å². The number of rotatable bonds is 10. The minimum absolute atomic E-state index is 0.336. The van der Waals surface area contributed by atoms with E-state index in [4.69, 9.17) is 9.47 Å². The summed E-state index contributed by atoms with van der Waals surface area (Å²) in [5.74, 6) is 1.16. The molecule has 186 valence electrons. The molecule has 0 aliphatic rings. The van der Waals surface area contributed by atoms with Crippen molar-refractivity contribution in [3.63, 3.8) is 0 Å². The fourth-order valence-corrected chi connectivity index (χ4v) is 5.30. The highest BCUT2D eigenvalue weighted by atomic mass is 79.9. The third kappa shape index (κ3) is 6.03. The van der Waals surface area contributed by atoms with Crippen molar-refractivity contribution < 1.29 is 18.8 Å². The Morgan fingerprint density at radius 1 is 1.14 bits per heavy atom. The first-order valence-electron chi connectivity index (χ1n) is 10.9. The average Bonchev–Trinajstić information content (AvgIpc) is 3.23. The molecule has 0 amide bonds. The normalized spacial score (nSPS) is 11.8. The van der Waals surface area contributed by atoms with Crippen LogP contribution >= 0.6 is 27.7 Å². The van der Waals surface area contributed by atoms with E-state index in [-0.39, 0.29) is 17.3 Å². The molecule has 8 nitrogen and oxygen atoms in total. The van der Waals surface area contributed by atoms with E-state index in [2.05, 4.69) is 26.1 Å². The monoisotopic (exact) mass is 572 g/mol. The number of nitro groups is 1. The highest BCUT2D eigenvalue weighted by Crippen LogP contribution is 2.43. The van der Waals surface area contributed by atoms with Gasteiger partial charge in [-0.25, -0.2) is 4.39 Å². The second kappa shape index (κ2) is 11.5. The van der Waals surface area contributed by atoms with Crippen LogP contribution < -0.4 is 9.47 Å². The summed E-state index contributed by atoms with van der Waals surface area (Å²) in [6, 6.07) is 19.1. The third-order valence-corrected chi connectivity index (χ3v) is 7.06. The molecule has 1 aromatic heterocycles. The number of nitrogens with zero attached hydrogens (tertiary/aromatic N) is 4. The van der Waals surface area contributed by atoms with Crippen molar-refractivity contribution in [3.05, 3.63) is 104 Å². The summed E-state index contributed by atoms with van der Waals surface area (Å²) in [6.07, 6.45) is 0. The van der Waals surface area contributed by atoms with Crippen molar-refractivity contribution in [3.8, 4) is 17.2 Å². The Morgan fingerprint density at radius 3 is 2.53 bits per heavy atom. The molecule has 0 saturated heterocycles. The van der Waals surface area contributed by atoms with Crippen LogP contribution in [-0.2, 0) is 6.61 Å². The lowest BCUT2D eigenvalue weighted by molar-refractivity contribution is -0.479. The van der Waals surface area contributed by atoms with E-state index in [9.17, 15) is 14.5 Å². The van der Waals surface area contributed by atoms with Crippen LogP contribution in [0.3, 0.4) is 0 Å². The van der Waals surface area contributed by atoms with Gasteiger partial charge in [0.1, 0.15) is 23.5 Å². The first-order chi connectivity index (χ1) is 17.4. The standard InChI is InChI=1S/C25H22BrFN4O4S/c1-16-28-29-25(31(16)20-10-8-19(27)9-11-20)36-23(14-30(32)33)18-12-21(26)24(22(13-18)34-2)35-15-17-6-4-3-5-7-17/h3-13,23H,14-15H2,1-2H3/t23-/m1/s1. The van der Waals surface area contributed by atoms with Crippen molar-refractivity contribution >= 4 is 27.7 Å². The Kier molecular flexibility index (Phi) is 8.21. The number of aromatic nitrogens is 3. The molecule has 0 aliphatic carbocycles. The van der Waals surface area contributed by atoms with E-state index < -0.39 is 5.25 Å². The van der Waals surface area contributed by atoms with Gasteiger partial charge in [-0.05, 0) is 70.4 Å². The SMILES string of the molecule is COc1cc([C@@H](C[N+](=O)[O-])Sc2nnc(C)n2-c2ccc(F)cc2)cc(Br)c1OCc1ccccc1. The summed E-state index contributed by atoms with van der Waals surface area (Å²) in [7, 11) is 1.52. The van der Waals surface area contributed by atoms with E-state index in [0.717, 1.165) is 5.56 Å². The Balaban J connectivity index is 1.65. The molecule has 11 heteroatoms. The molecule has 4 aromatic rings. The molecule has 0 spiro atoms. The Labute approximate surface area is 219 Å². The average molecular weight is 573 g/mol. The quantitative estimate of drug-likeness (QED) is 0.127. The number of hydrogen-bond donors (Lipinski definition) is 0. The van der Waals surface area contributed by atoms with Crippen molar-refractivity contribution in [2.24, 2.45) is 0 Å². The van der Waals surface area contributed by atoms with Crippen LogP contribution in [0, 0.1) is 22.9 Å². The van der Waals surface area contributed by atoms with E-state index >= 15 is 0 Å². The minimum Gasteiger partial charge on any atom is -0.493 e. The lowest BCUT2D eigenvalue weighted by Crippen LogP contribution is -2.12. The van der Waals surface area contributed by atoms with Crippen molar-refractivity contribution in [1.29, 1.82) is 0 Å². The Bertz CT molecular complexity index is 1350. The van der Waals surface area contributed by atoms with Gasteiger partial charge in [-0.2, -0.15) is 0 Å². The second-order valence-electron chi connectivity index (χ2n) is 7.77. The van der Waals surface area contributed by atoms with Gasteiger partial charge in [0.05, 0.1) is 11.6 Å². The molecule has 1 heterocycles. The van der Waals surface area contributed by atoms with Crippen LogP contribution in [-0.4, -0.2) is 33.3 Å². The zero-order valence-electron chi connectivity index (χ0n) is 19.4. The number of ether oxygens (including phenoxy) is 2. The lowest BCUT2D eigenvalue weighted by atomic mass is 10.1. The lowest BCUT2D eigenvalue weighted by Gasteiger charge is -2.18. The molecule has 0 fully saturated rings. The van der Waals surface area contributed by atoms with Crippen LogP contribution in [0.15, 0.2) is 76.4 Å². The van der Waals surface area contributed by atoms with Gasteiger partial charge in [0.25, 0.3) is 0 Å². The largest absolute Gasteiger partial charge is 0.493 e. The first kappa shape index (κ1) is 25.6. The summed E-state index contributed by atoms with van der Waals surface area (Å²) in [4.78, 5) is 11.2. The smallest absolute Gasteiger partial charge is 0.220 e. The molecule has 4 rings (SSSR count). The highest BCUT2D eigenvalue weighted by Gasteiger charge is 2.26. The number of halogens is 2. The maximum atomic E-state index is 13.5. The van der Waals surface area contributed by atoms with Crippen molar-refractivity contribution in [2.75, 3.05) is 13.7 Å². The van der Waals surface area contributed by atoms with Gasteiger partial charge < -0.3 is 9.47 Å². The molecule has 0 unspecified atom stereocenters. The predicted octanol–water partition coefficient (Wildman–Crippen LogP) is 6.18. The van der Waals surface area contributed by atoms with Crippen LogP contribution in [0.4, 0.5) is 4.39 Å². The fraction of sp³-hybridized carbons (Fsp3) is 0.200. The highest BCUT2D eigenvalue weighted by molar-refractivity contribution is 9.10. The molecular formula is C25H22BrFN4O4S. The maximum absolute atomic E-state index is 13.5. The van der Waals surface area contributed by atoms with E-state index in [0.29, 0.717) is 44.8 Å². The molecule has 0 N–H and O–H groups in total. The molecule has 0 bridgehead atoms. The number of thioether (sulfide) groups is 1. The van der Waals surface area contributed by atoms with E-state index in [1.165, 1.54) is 31.0 Å². The molecule has 1 atom stereocenters. The second-order valence-corrected chi connectivity index (χ2v) is 9.80. The minimum atomic E-state index is -0.615. The van der Waals surface area contributed by atoms with Crippen LogP contribution in [0.25, 0.3) is 5.69 Å². The molecular weight excluding hydrogens is 551 g/mol. The molecule has 0 saturated carbocycles. The van der Waals surface area contributed by atoms with Crippen LogP contribution in [0.2, 0.25) is 0 Å². The number of methoxy groups -OCH3 is 1. The zero-order chi connectivity index (χ0) is 25.7. The maximum Gasteiger partial charge on any atom is 0.220 e. The van der Waals surface area contributed by atoms with Gasteiger partial charge in [-0.15, -0.1) is 10.2 Å². The Morgan fingerprint density at radius 2 is 1.86 bits per heavy atom. The number of benzene rings is 3. The van der Waals surface area contributed by atoms with Crippen LogP contribution in [0.1, 0.15) is 22.2 Å². The summed E-state index contributed by atoms with van der Waals surface area (Å²) in [6.45, 7) is 1.74. The molecule has 0 radical (unpaired) electrons. The fourth-order valence-electron chi connectivity index (χ4n) is 3.58. The van der Waals surface area contributed by atoms with Gasteiger partial charge in [-0.1, -0.05) is 42.1 Å². The number of aryl methyl sites for hydroxylation is 1. The van der Waals surface area contributed by atoms with Crippen LogP contribution in [0.5, 0.6) is 11.5 Å². The summed E-state index contributed by atoms with van der Waals surface area (Å²) < 4.78 is 27.4.